The van der Waals surface area contributed by atoms with Crippen molar-refractivity contribution < 1.29 is 13.5 Å². The molecule has 1 unspecified atom stereocenters. The van der Waals surface area contributed by atoms with Crippen LogP contribution in [-0.4, -0.2) is 25.8 Å². The number of nitrogens with one attached hydrogen (secondary N) is 1. The number of aromatic hydroxyl groups is 1. The molecule has 4 N–H and O–H groups in total. The van der Waals surface area contributed by atoms with Crippen LogP contribution in [0.4, 0.5) is 0 Å². The van der Waals surface area contributed by atoms with Gasteiger partial charge in [-0.15, -0.1) is 0 Å². The van der Waals surface area contributed by atoms with Crippen LogP contribution >= 0.6 is 0 Å². The molecule has 0 amide bonds. The number of primary sulfonamides is 1. The van der Waals surface area contributed by atoms with Crippen molar-refractivity contribution in [1.29, 1.82) is 0 Å². The van der Waals surface area contributed by atoms with Gasteiger partial charge in [0.15, 0.2) is 0 Å². The van der Waals surface area contributed by atoms with Crippen LogP contribution in [-0.2, 0) is 16.4 Å². The van der Waals surface area contributed by atoms with Gasteiger partial charge in [-0.05, 0) is 55.5 Å². The van der Waals surface area contributed by atoms with Gasteiger partial charge in [0.05, 0.1) is 5.75 Å². The van der Waals surface area contributed by atoms with Crippen molar-refractivity contribution in [2.24, 2.45) is 5.14 Å². The molecule has 1 atom stereocenters. The summed E-state index contributed by atoms with van der Waals surface area (Å²) in [7, 11) is -3.37. The number of nitrogens with two attached hydrogens (primary N) is 1. The van der Waals surface area contributed by atoms with E-state index in [1.54, 1.807) is 12.1 Å². The molecule has 106 valence electrons. The molecule has 0 spiro atoms. The van der Waals surface area contributed by atoms with Crippen molar-refractivity contribution in [3.05, 3.63) is 29.3 Å². The Hall–Kier alpha value is -1.11. The summed E-state index contributed by atoms with van der Waals surface area (Å²) in [6.07, 6.45) is 3.64. The number of fused-ring (bicyclic) bond motifs is 1. The molecule has 1 aromatic rings. The molecule has 0 fully saturated rings. The number of sulfonamides is 1. The largest absolute Gasteiger partial charge is 0.508 e. The normalized spacial score (nSPS) is 19.1. The monoisotopic (exact) mass is 284 g/mol. The van der Waals surface area contributed by atoms with Crippen LogP contribution in [0.25, 0.3) is 0 Å². The quantitative estimate of drug-likeness (QED) is 0.704. The van der Waals surface area contributed by atoms with Crippen LogP contribution in [0.15, 0.2) is 18.2 Å². The first kappa shape index (κ1) is 14.3. The second kappa shape index (κ2) is 5.90. The molecule has 0 aliphatic heterocycles. The Labute approximate surface area is 113 Å². The van der Waals surface area contributed by atoms with Crippen LogP contribution in [0.1, 0.15) is 36.4 Å². The zero-order chi connectivity index (χ0) is 13.9. The predicted molar refractivity (Wildman–Crippen MR) is 74.4 cm³/mol. The Morgan fingerprint density at radius 3 is 2.95 bits per heavy atom. The summed E-state index contributed by atoms with van der Waals surface area (Å²) in [4.78, 5) is 0. The molecule has 0 bridgehead atoms. The predicted octanol–water partition coefficient (Wildman–Crippen LogP) is 1.04. The molecule has 0 radical (unpaired) electrons. The lowest BCUT2D eigenvalue weighted by molar-refractivity contribution is 0.446. The highest BCUT2D eigenvalue weighted by molar-refractivity contribution is 7.89. The Balaban J connectivity index is 1.94. The topological polar surface area (TPSA) is 92.4 Å². The van der Waals surface area contributed by atoms with Crippen LogP contribution < -0.4 is 10.5 Å². The van der Waals surface area contributed by atoms with Gasteiger partial charge in [0.2, 0.25) is 10.0 Å². The highest BCUT2D eigenvalue weighted by Crippen LogP contribution is 2.31. The molecule has 0 heterocycles. The van der Waals surface area contributed by atoms with Gasteiger partial charge in [-0.25, -0.2) is 13.6 Å². The van der Waals surface area contributed by atoms with E-state index in [0.29, 0.717) is 13.0 Å². The van der Waals surface area contributed by atoms with Crippen LogP contribution in [0.5, 0.6) is 5.75 Å². The van der Waals surface area contributed by atoms with Gasteiger partial charge in [0.25, 0.3) is 0 Å². The average Bonchev–Trinajstić information content (AvgIpc) is 2.33. The lowest BCUT2D eigenvalue weighted by Gasteiger charge is -2.26. The van der Waals surface area contributed by atoms with Gasteiger partial charge in [0, 0.05) is 6.04 Å². The molecular weight excluding hydrogens is 264 g/mol. The van der Waals surface area contributed by atoms with E-state index in [2.05, 4.69) is 5.32 Å². The minimum Gasteiger partial charge on any atom is -0.508 e. The van der Waals surface area contributed by atoms with E-state index in [4.69, 9.17) is 5.14 Å². The first-order chi connectivity index (χ1) is 8.96. The smallest absolute Gasteiger partial charge is 0.209 e. The molecule has 2 rings (SSSR count). The first-order valence-corrected chi connectivity index (χ1v) is 8.23. The molecule has 0 saturated carbocycles. The maximum absolute atomic E-state index is 10.8. The van der Waals surface area contributed by atoms with Gasteiger partial charge < -0.3 is 10.4 Å². The number of rotatable bonds is 5. The zero-order valence-corrected chi connectivity index (χ0v) is 11.6. The molecule has 0 aromatic heterocycles. The number of benzene rings is 1. The number of phenolic OH excluding ortho intramolecular Hbond substituents is 1. The van der Waals surface area contributed by atoms with Crippen LogP contribution in [0, 0.1) is 0 Å². The van der Waals surface area contributed by atoms with Crippen molar-refractivity contribution in [2.75, 3.05) is 12.3 Å². The van der Waals surface area contributed by atoms with Crippen molar-refractivity contribution in [2.45, 2.75) is 31.7 Å². The summed E-state index contributed by atoms with van der Waals surface area (Å²) in [5.74, 6) is 0.275. The number of hydrogen-bond acceptors (Lipinski definition) is 4. The van der Waals surface area contributed by atoms with E-state index < -0.39 is 10.0 Å². The third-order valence-corrected chi connectivity index (χ3v) is 4.30. The Morgan fingerprint density at radius 2 is 2.21 bits per heavy atom. The third kappa shape index (κ3) is 4.19. The van der Waals surface area contributed by atoms with Crippen LogP contribution in [0.2, 0.25) is 0 Å². The van der Waals surface area contributed by atoms with Gasteiger partial charge >= 0.3 is 0 Å². The lowest BCUT2D eigenvalue weighted by Crippen LogP contribution is -2.28. The Bertz CT molecular complexity index is 543. The van der Waals surface area contributed by atoms with Gasteiger partial charge in [0.1, 0.15) is 5.75 Å². The maximum Gasteiger partial charge on any atom is 0.209 e. The molecule has 0 saturated heterocycles. The summed E-state index contributed by atoms with van der Waals surface area (Å²) in [6.45, 7) is 0.607. The molecule has 1 aromatic carbocycles. The summed E-state index contributed by atoms with van der Waals surface area (Å²) < 4.78 is 21.7. The van der Waals surface area contributed by atoms with Crippen molar-refractivity contribution in [3.8, 4) is 5.75 Å². The van der Waals surface area contributed by atoms with Crippen LogP contribution in [0.3, 0.4) is 0 Å². The van der Waals surface area contributed by atoms with Gasteiger partial charge in [-0.1, -0.05) is 6.07 Å². The van der Waals surface area contributed by atoms with Gasteiger partial charge in [-0.3, -0.25) is 0 Å². The van der Waals surface area contributed by atoms with Crippen molar-refractivity contribution in [3.63, 3.8) is 0 Å². The lowest BCUT2D eigenvalue weighted by atomic mass is 9.87. The Morgan fingerprint density at radius 1 is 1.42 bits per heavy atom. The number of aryl methyl sites for hydroxylation is 1. The second-order valence-corrected chi connectivity index (χ2v) is 6.74. The molecule has 1 aliphatic rings. The summed E-state index contributed by atoms with van der Waals surface area (Å²) in [5.41, 5.74) is 2.38. The SMILES string of the molecule is NS(=O)(=O)CCCNC1CCCc2ccc(O)cc21. The third-order valence-electron chi connectivity index (χ3n) is 3.44. The number of phenols is 1. The van der Waals surface area contributed by atoms with E-state index in [1.165, 1.54) is 5.56 Å². The summed E-state index contributed by atoms with van der Waals surface area (Å²) in [6, 6.07) is 5.66. The molecular formula is C13H20N2O3S. The van der Waals surface area contributed by atoms with E-state index in [-0.39, 0.29) is 17.5 Å². The van der Waals surface area contributed by atoms with Crippen molar-refractivity contribution >= 4 is 10.0 Å². The second-order valence-electron chi connectivity index (χ2n) is 5.00. The highest BCUT2D eigenvalue weighted by atomic mass is 32.2. The summed E-state index contributed by atoms with van der Waals surface area (Å²) >= 11 is 0. The fourth-order valence-electron chi connectivity index (χ4n) is 2.55. The molecule has 1 aliphatic carbocycles. The van der Waals surface area contributed by atoms with Crippen molar-refractivity contribution in [1.82, 2.24) is 5.32 Å². The zero-order valence-electron chi connectivity index (χ0n) is 10.8. The number of hydrogen-bond donors (Lipinski definition) is 3. The summed E-state index contributed by atoms with van der Waals surface area (Å²) in [5, 5.41) is 17.9. The molecule has 19 heavy (non-hydrogen) atoms. The van der Waals surface area contributed by atoms with E-state index in [0.717, 1.165) is 24.8 Å². The first-order valence-electron chi connectivity index (χ1n) is 6.51. The van der Waals surface area contributed by atoms with E-state index in [9.17, 15) is 13.5 Å². The fraction of sp³-hybridized carbons (Fsp3) is 0.538. The van der Waals surface area contributed by atoms with Gasteiger partial charge in [-0.2, -0.15) is 0 Å². The minimum absolute atomic E-state index is 0.000380. The fourth-order valence-corrected chi connectivity index (χ4v) is 3.09. The highest BCUT2D eigenvalue weighted by Gasteiger charge is 2.20. The maximum atomic E-state index is 10.8. The van der Waals surface area contributed by atoms with E-state index >= 15 is 0 Å². The standard InChI is InChI=1S/C13H20N2O3S/c14-19(17,18)8-2-7-15-13-4-1-3-10-5-6-11(16)9-12(10)13/h5-6,9,13,15-16H,1-4,7-8H2,(H2,14,17,18). The Kier molecular flexibility index (Phi) is 4.44. The molecule has 5 nitrogen and oxygen atoms in total. The minimum atomic E-state index is -3.37. The molecule has 6 heteroatoms. The average molecular weight is 284 g/mol. The van der Waals surface area contributed by atoms with E-state index in [1.807, 2.05) is 6.07 Å².